The summed E-state index contributed by atoms with van der Waals surface area (Å²) in [6.45, 7) is 2.13. The summed E-state index contributed by atoms with van der Waals surface area (Å²) in [6.07, 6.45) is 0. The molecule has 0 bridgehead atoms. The van der Waals surface area contributed by atoms with Gasteiger partial charge in [-0.05, 0) is 6.07 Å². The summed E-state index contributed by atoms with van der Waals surface area (Å²) in [6, 6.07) is 1.33. The van der Waals surface area contributed by atoms with Crippen molar-refractivity contribution in [2.45, 2.75) is 6.92 Å². The van der Waals surface area contributed by atoms with Crippen molar-refractivity contribution in [2.24, 2.45) is 0 Å². The van der Waals surface area contributed by atoms with Gasteiger partial charge >= 0.3 is 5.97 Å². The zero-order chi connectivity index (χ0) is 20.8. The highest BCUT2D eigenvalue weighted by atomic mass is 32.1. The van der Waals surface area contributed by atoms with E-state index in [2.05, 4.69) is 10.1 Å². The maximum Gasteiger partial charge on any atom is 0.348 e. The Morgan fingerprint density at radius 2 is 1.79 bits per heavy atom. The minimum atomic E-state index is -0.641. The number of rotatable bonds is 9. The summed E-state index contributed by atoms with van der Waals surface area (Å²) < 4.78 is 14.7. The van der Waals surface area contributed by atoms with E-state index in [0.29, 0.717) is 6.61 Å². The Morgan fingerprint density at radius 3 is 2.36 bits per heavy atom. The Hall–Kier alpha value is -2.56. The van der Waals surface area contributed by atoms with Gasteiger partial charge in [-0.3, -0.25) is 14.4 Å². The molecule has 1 amide bonds. The lowest BCUT2D eigenvalue weighted by Gasteiger charge is -2.28. The fourth-order valence-corrected chi connectivity index (χ4v) is 3.72. The smallest absolute Gasteiger partial charge is 0.348 e. The zero-order valence-corrected chi connectivity index (χ0v) is 16.9. The molecule has 2 rings (SSSR count). The van der Waals surface area contributed by atoms with Crippen LogP contribution in [-0.2, 0) is 19.0 Å². The first-order chi connectivity index (χ1) is 13.4. The van der Waals surface area contributed by atoms with Crippen LogP contribution in [0.1, 0.15) is 36.6 Å². The number of ether oxygens (including phenoxy) is 3. The molecule has 0 radical (unpaired) electrons. The first-order valence-corrected chi connectivity index (χ1v) is 9.24. The van der Waals surface area contributed by atoms with E-state index in [1.54, 1.807) is 0 Å². The molecule has 1 N–H and O–H groups in total. The quantitative estimate of drug-likeness (QED) is 0.471. The van der Waals surface area contributed by atoms with Crippen LogP contribution in [0.4, 0.5) is 0 Å². The minimum absolute atomic E-state index is 0.000816. The van der Waals surface area contributed by atoms with Gasteiger partial charge in [0.15, 0.2) is 0 Å². The molecule has 9 nitrogen and oxygen atoms in total. The lowest BCUT2D eigenvalue weighted by atomic mass is 9.95. The van der Waals surface area contributed by atoms with Gasteiger partial charge in [0.2, 0.25) is 17.5 Å². The first-order valence-electron chi connectivity index (χ1n) is 8.43. The van der Waals surface area contributed by atoms with Crippen LogP contribution in [0.3, 0.4) is 0 Å². The normalized spacial score (nSPS) is 13.4. The number of carbonyl (C=O) groups excluding carboxylic acids is 4. The summed E-state index contributed by atoms with van der Waals surface area (Å²) in [5, 5.41) is 2.90. The summed E-state index contributed by atoms with van der Waals surface area (Å²) in [5.74, 6) is -2.04. The van der Waals surface area contributed by atoms with E-state index in [4.69, 9.17) is 9.47 Å². The van der Waals surface area contributed by atoms with Gasteiger partial charge in [-0.25, -0.2) is 4.79 Å². The van der Waals surface area contributed by atoms with Gasteiger partial charge < -0.3 is 24.4 Å². The van der Waals surface area contributed by atoms with Crippen molar-refractivity contribution in [3.8, 4) is 0 Å². The van der Waals surface area contributed by atoms with Gasteiger partial charge in [0.1, 0.15) is 16.3 Å². The Labute approximate surface area is 166 Å². The second-order valence-electron chi connectivity index (χ2n) is 5.81. The number of nitrogens with zero attached hydrogens (tertiary/aromatic N) is 1. The molecule has 1 aliphatic rings. The van der Waals surface area contributed by atoms with Crippen molar-refractivity contribution < 1.29 is 33.4 Å². The second-order valence-corrected chi connectivity index (χ2v) is 6.86. The average Bonchev–Trinajstić information content (AvgIpc) is 3.12. The number of carbonyl (C=O) groups is 4. The number of amides is 1. The molecule has 1 aromatic rings. The van der Waals surface area contributed by atoms with Gasteiger partial charge in [0.05, 0.1) is 25.2 Å². The summed E-state index contributed by atoms with van der Waals surface area (Å²) in [5.41, 5.74) is 0.0119. The van der Waals surface area contributed by atoms with Crippen LogP contribution in [0.25, 0.3) is 0 Å². The third kappa shape index (κ3) is 4.29. The van der Waals surface area contributed by atoms with Gasteiger partial charge in [0, 0.05) is 39.8 Å². The topological polar surface area (TPSA) is 111 Å². The molecule has 1 aliphatic carbocycles. The second kappa shape index (κ2) is 9.58. The average molecular weight is 410 g/mol. The van der Waals surface area contributed by atoms with E-state index in [9.17, 15) is 19.2 Å². The highest BCUT2D eigenvalue weighted by Crippen LogP contribution is 2.33. The van der Waals surface area contributed by atoms with Gasteiger partial charge in [-0.2, -0.15) is 0 Å². The molecule has 1 aromatic heterocycles. The lowest BCUT2D eigenvalue weighted by Crippen LogP contribution is -2.42. The van der Waals surface area contributed by atoms with Gasteiger partial charge in [-0.1, -0.05) is 0 Å². The van der Waals surface area contributed by atoms with Crippen molar-refractivity contribution in [1.82, 2.24) is 10.2 Å². The first kappa shape index (κ1) is 21.7. The monoisotopic (exact) mass is 410 g/mol. The maximum absolute atomic E-state index is 13.2. The molecular formula is C18H22N2O7S. The SMILES string of the molecule is COCCNC1=C(N(CCOC)C(C)=O)C(=O)c2cc(C(=O)OC)sc2C1=O. The van der Waals surface area contributed by atoms with Crippen LogP contribution >= 0.6 is 11.3 Å². The Balaban J connectivity index is 2.56. The van der Waals surface area contributed by atoms with E-state index in [1.807, 2.05) is 0 Å². The summed E-state index contributed by atoms with van der Waals surface area (Å²) >= 11 is 0.884. The molecule has 0 unspecified atom stereocenters. The molecule has 0 saturated carbocycles. The summed E-state index contributed by atoms with van der Waals surface area (Å²) in [7, 11) is 4.19. The number of fused-ring (bicyclic) bond motifs is 1. The number of thiophene rings is 1. The Morgan fingerprint density at radius 1 is 1.11 bits per heavy atom. The molecule has 0 aliphatic heterocycles. The van der Waals surface area contributed by atoms with Crippen molar-refractivity contribution in [1.29, 1.82) is 0 Å². The third-order valence-corrected chi connectivity index (χ3v) is 5.14. The van der Waals surface area contributed by atoms with Crippen molar-refractivity contribution in [2.75, 3.05) is 47.6 Å². The molecule has 0 aromatic carbocycles. The molecule has 1 heterocycles. The van der Waals surface area contributed by atoms with Crippen molar-refractivity contribution in [3.05, 3.63) is 32.8 Å². The molecule has 0 atom stereocenters. The number of hydrogen-bond donors (Lipinski definition) is 1. The zero-order valence-electron chi connectivity index (χ0n) is 16.1. The minimum Gasteiger partial charge on any atom is -0.465 e. The summed E-state index contributed by atoms with van der Waals surface area (Å²) in [4.78, 5) is 51.8. The molecule has 10 heteroatoms. The molecule has 28 heavy (non-hydrogen) atoms. The standard InChI is InChI=1S/C18H22N2O7S/c1-10(21)20(6-8-26-3)14-13(19-5-7-25-2)16(23)17-11(15(14)22)9-12(28-17)18(24)27-4/h9,19H,5-8H2,1-4H3. The fraction of sp³-hybridized carbons (Fsp3) is 0.444. The number of hydrogen-bond acceptors (Lipinski definition) is 9. The number of esters is 1. The number of methoxy groups -OCH3 is 3. The number of ketones is 2. The predicted octanol–water partition coefficient (Wildman–Crippen LogP) is 0.856. The van der Waals surface area contributed by atoms with Gasteiger partial charge in [-0.15, -0.1) is 11.3 Å². The highest BCUT2D eigenvalue weighted by molar-refractivity contribution is 7.16. The highest BCUT2D eigenvalue weighted by Gasteiger charge is 2.39. The van der Waals surface area contributed by atoms with Crippen LogP contribution in [0.5, 0.6) is 0 Å². The number of nitrogens with one attached hydrogen (secondary N) is 1. The molecule has 152 valence electrons. The van der Waals surface area contributed by atoms with Crippen LogP contribution in [0.2, 0.25) is 0 Å². The molecule has 0 saturated heterocycles. The van der Waals surface area contributed by atoms with Crippen molar-refractivity contribution in [3.63, 3.8) is 0 Å². The van der Waals surface area contributed by atoms with E-state index in [0.717, 1.165) is 11.3 Å². The van der Waals surface area contributed by atoms with Crippen LogP contribution in [-0.4, -0.2) is 76.0 Å². The molecule has 0 fully saturated rings. The Bertz CT molecular complexity index is 828. The van der Waals surface area contributed by atoms with Crippen LogP contribution in [0, 0.1) is 0 Å². The number of allylic oxidation sites excluding steroid dienone is 2. The third-order valence-electron chi connectivity index (χ3n) is 4.03. The molecule has 0 spiro atoms. The number of Topliss-reactive ketones (excluding diaryl/α,β-unsaturated/α-hetero) is 2. The van der Waals surface area contributed by atoms with E-state index < -0.39 is 23.4 Å². The van der Waals surface area contributed by atoms with Gasteiger partial charge in [0.25, 0.3) is 0 Å². The largest absolute Gasteiger partial charge is 0.465 e. The van der Waals surface area contributed by atoms with E-state index >= 15 is 0 Å². The van der Waals surface area contributed by atoms with Crippen LogP contribution < -0.4 is 5.32 Å². The Kier molecular flexibility index (Phi) is 7.44. The fourth-order valence-electron chi connectivity index (χ4n) is 2.70. The van der Waals surface area contributed by atoms with E-state index in [1.165, 1.54) is 39.2 Å². The van der Waals surface area contributed by atoms with E-state index in [-0.39, 0.29) is 46.4 Å². The van der Waals surface area contributed by atoms with Crippen molar-refractivity contribution >= 4 is 34.8 Å². The van der Waals surface area contributed by atoms with Crippen LogP contribution in [0.15, 0.2) is 17.5 Å². The lowest BCUT2D eigenvalue weighted by molar-refractivity contribution is -0.127. The maximum atomic E-state index is 13.2. The molecular weight excluding hydrogens is 388 g/mol. The predicted molar refractivity (Wildman–Crippen MR) is 100 cm³/mol.